The van der Waals surface area contributed by atoms with Crippen LogP contribution in [0.15, 0.2) is 54.6 Å². The van der Waals surface area contributed by atoms with Crippen LogP contribution in [0.25, 0.3) is 22.2 Å². The molecule has 37 heavy (non-hydrogen) atoms. The predicted octanol–water partition coefficient (Wildman–Crippen LogP) is 7.46. The Morgan fingerprint density at radius 3 is 2.51 bits per heavy atom. The van der Waals surface area contributed by atoms with Gasteiger partial charge in [0.05, 0.1) is 29.4 Å². The number of ether oxygens (including phenoxy) is 1. The van der Waals surface area contributed by atoms with Crippen molar-refractivity contribution in [2.45, 2.75) is 47.0 Å². The zero-order valence-corrected chi connectivity index (χ0v) is 22.8. The van der Waals surface area contributed by atoms with Crippen LogP contribution in [0.1, 0.15) is 63.9 Å². The van der Waals surface area contributed by atoms with Gasteiger partial charge in [0.25, 0.3) is 5.91 Å². The molecular weight excluding hydrogens is 480 g/mol. The minimum Gasteiger partial charge on any atom is -0.465 e. The van der Waals surface area contributed by atoms with Crippen molar-refractivity contribution in [2.75, 3.05) is 12.4 Å². The van der Waals surface area contributed by atoms with Gasteiger partial charge in [0.1, 0.15) is 5.00 Å². The van der Waals surface area contributed by atoms with E-state index in [9.17, 15) is 9.59 Å². The number of esters is 1. The van der Waals surface area contributed by atoms with Gasteiger partial charge in [-0.05, 0) is 55.2 Å². The fourth-order valence-corrected chi connectivity index (χ4v) is 6.45. The third-order valence-electron chi connectivity index (χ3n) is 7.41. The zero-order valence-electron chi connectivity index (χ0n) is 22.0. The van der Waals surface area contributed by atoms with Crippen LogP contribution in [-0.4, -0.2) is 24.0 Å². The molecule has 1 atom stereocenters. The second kappa shape index (κ2) is 9.75. The third-order valence-corrected chi connectivity index (χ3v) is 8.58. The number of benzene rings is 2. The van der Waals surface area contributed by atoms with Crippen molar-refractivity contribution < 1.29 is 14.3 Å². The summed E-state index contributed by atoms with van der Waals surface area (Å²) in [5, 5.41) is 4.42. The van der Waals surface area contributed by atoms with Crippen molar-refractivity contribution in [1.82, 2.24) is 4.98 Å². The Kier molecular flexibility index (Phi) is 6.63. The first-order valence-corrected chi connectivity index (χ1v) is 13.5. The Balaban J connectivity index is 1.56. The number of hydrogen-bond donors (Lipinski definition) is 1. The topological polar surface area (TPSA) is 68.3 Å². The van der Waals surface area contributed by atoms with Gasteiger partial charge in [-0.15, -0.1) is 11.3 Å². The van der Waals surface area contributed by atoms with E-state index in [1.807, 2.05) is 61.5 Å². The number of amides is 1. The highest BCUT2D eigenvalue weighted by atomic mass is 32.1. The number of aromatic nitrogens is 1. The molecule has 2 heterocycles. The Hall–Kier alpha value is -3.51. The maximum absolute atomic E-state index is 13.8. The van der Waals surface area contributed by atoms with E-state index in [0.717, 1.165) is 52.5 Å². The van der Waals surface area contributed by atoms with Crippen molar-refractivity contribution in [3.8, 4) is 11.3 Å². The minimum atomic E-state index is -0.401. The minimum absolute atomic E-state index is 0.179. The number of anilines is 1. The van der Waals surface area contributed by atoms with E-state index in [4.69, 9.17) is 9.72 Å². The molecule has 6 heteroatoms. The molecule has 1 unspecified atom stereocenters. The molecule has 190 valence electrons. The van der Waals surface area contributed by atoms with Gasteiger partial charge in [-0.2, -0.15) is 0 Å². The fraction of sp³-hybridized carbons (Fsp3) is 0.323. The number of carbonyl (C=O) groups excluding carboxylic acids is 2. The first kappa shape index (κ1) is 25.2. The number of carbonyl (C=O) groups is 2. The summed E-state index contributed by atoms with van der Waals surface area (Å²) in [6.07, 6.45) is 2.72. The Morgan fingerprint density at radius 1 is 1.08 bits per heavy atom. The number of rotatable bonds is 4. The monoisotopic (exact) mass is 512 g/mol. The van der Waals surface area contributed by atoms with Crippen molar-refractivity contribution in [1.29, 1.82) is 0 Å². The first-order valence-electron chi connectivity index (χ1n) is 12.7. The lowest BCUT2D eigenvalue weighted by Gasteiger charge is -2.33. The summed E-state index contributed by atoms with van der Waals surface area (Å²) in [5.74, 6) is -0.140. The molecule has 0 radical (unpaired) electrons. The third kappa shape index (κ3) is 4.90. The zero-order chi connectivity index (χ0) is 26.3. The van der Waals surface area contributed by atoms with Gasteiger partial charge in [0.15, 0.2) is 0 Å². The molecule has 5 nitrogen and oxygen atoms in total. The Morgan fingerprint density at radius 2 is 1.81 bits per heavy atom. The normalized spacial score (nSPS) is 15.3. The smallest absolute Gasteiger partial charge is 0.341 e. The Bertz CT molecular complexity index is 1500. The maximum atomic E-state index is 13.8. The van der Waals surface area contributed by atoms with Crippen molar-refractivity contribution in [2.24, 2.45) is 11.3 Å². The quantitative estimate of drug-likeness (QED) is 0.288. The number of pyridine rings is 1. The average Bonchev–Trinajstić information content (AvgIpc) is 3.24. The lowest BCUT2D eigenvalue weighted by molar-refractivity contribution is 0.0600. The van der Waals surface area contributed by atoms with Gasteiger partial charge in [-0.1, -0.05) is 68.8 Å². The van der Waals surface area contributed by atoms with Crippen molar-refractivity contribution in [3.63, 3.8) is 0 Å². The van der Waals surface area contributed by atoms with E-state index in [2.05, 4.69) is 26.1 Å². The standard InChI is InChI=1S/C31H32N2O3S/c1-18-10-12-19(13-11-18)25-17-23(21-8-6-7-9-24(21)32-25)28(34)33-29-27(30(35)36-5)22-15-14-20(31(2,3)4)16-26(22)37-29/h6-13,17,20H,14-16H2,1-5H3,(H,33,34). The van der Waals surface area contributed by atoms with Gasteiger partial charge in [-0.3, -0.25) is 4.79 Å². The summed E-state index contributed by atoms with van der Waals surface area (Å²) < 4.78 is 5.15. The molecule has 1 aliphatic carbocycles. The predicted molar refractivity (Wildman–Crippen MR) is 150 cm³/mol. The largest absolute Gasteiger partial charge is 0.465 e. The number of thiophene rings is 1. The van der Waals surface area contributed by atoms with Crippen molar-refractivity contribution >= 4 is 39.1 Å². The summed E-state index contributed by atoms with van der Waals surface area (Å²) in [6, 6.07) is 17.6. The second-order valence-electron chi connectivity index (χ2n) is 10.9. The van der Waals surface area contributed by atoms with Crippen LogP contribution >= 0.6 is 11.3 Å². The van der Waals surface area contributed by atoms with Crippen LogP contribution in [0, 0.1) is 18.3 Å². The highest BCUT2D eigenvalue weighted by molar-refractivity contribution is 7.17. The molecule has 0 bridgehead atoms. The van der Waals surface area contributed by atoms with Gasteiger partial charge >= 0.3 is 5.97 Å². The van der Waals surface area contributed by atoms with Crippen LogP contribution in [0.3, 0.4) is 0 Å². The molecule has 0 fully saturated rings. The number of hydrogen-bond acceptors (Lipinski definition) is 5. The number of nitrogens with one attached hydrogen (secondary N) is 1. The maximum Gasteiger partial charge on any atom is 0.341 e. The molecule has 0 spiro atoms. The molecule has 0 aliphatic heterocycles. The van der Waals surface area contributed by atoms with Crippen LogP contribution in [0.4, 0.5) is 5.00 Å². The molecule has 2 aromatic carbocycles. The second-order valence-corrected chi connectivity index (χ2v) is 12.0. The van der Waals surface area contributed by atoms with E-state index in [1.54, 1.807) is 0 Å². The van der Waals surface area contributed by atoms with Gasteiger partial charge in [-0.25, -0.2) is 9.78 Å². The number of methoxy groups -OCH3 is 1. The molecule has 2 aromatic heterocycles. The van der Waals surface area contributed by atoms with E-state index in [-0.39, 0.29) is 11.3 Å². The van der Waals surface area contributed by atoms with Crippen molar-refractivity contribution in [3.05, 3.63) is 81.7 Å². The molecule has 5 rings (SSSR count). The molecule has 1 N–H and O–H groups in total. The summed E-state index contributed by atoms with van der Waals surface area (Å²) in [4.78, 5) is 32.6. The first-order chi connectivity index (χ1) is 17.7. The molecule has 1 amide bonds. The summed E-state index contributed by atoms with van der Waals surface area (Å²) in [6.45, 7) is 8.83. The highest BCUT2D eigenvalue weighted by Crippen LogP contribution is 2.44. The van der Waals surface area contributed by atoms with E-state index in [1.165, 1.54) is 23.3 Å². The molecule has 0 saturated heterocycles. The van der Waals surface area contributed by atoms with Crippen LogP contribution < -0.4 is 5.32 Å². The molecule has 4 aromatic rings. The SMILES string of the molecule is COC(=O)c1c(NC(=O)c2cc(-c3ccc(C)cc3)nc3ccccc23)sc2c1CCC(C(C)(C)C)C2. The van der Waals surface area contributed by atoms with Crippen LogP contribution in [-0.2, 0) is 17.6 Å². The fourth-order valence-electron chi connectivity index (χ4n) is 5.14. The van der Waals surface area contributed by atoms with Gasteiger partial charge in [0, 0.05) is 15.8 Å². The number of nitrogens with zero attached hydrogens (tertiary/aromatic N) is 1. The molecule has 1 aliphatic rings. The van der Waals surface area contributed by atoms with Gasteiger partial charge in [0.2, 0.25) is 0 Å². The lowest BCUT2D eigenvalue weighted by atomic mass is 9.72. The van der Waals surface area contributed by atoms with Crippen LogP contribution in [0.5, 0.6) is 0 Å². The number of para-hydroxylation sites is 1. The summed E-state index contributed by atoms with van der Waals surface area (Å²) in [7, 11) is 1.39. The highest BCUT2D eigenvalue weighted by Gasteiger charge is 2.34. The van der Waals surface area contributed by atoms with Gasteiger partial charge < -0.3 is 10.1 Å². The number of fused-ring (bicyclic) bond motifs is 2. The summed E-state index contributed by atoms with van der Waals surface area (Å²) in [5.41, 5.74) is 5.81. The lowest BCUT2D eigenvalue weighted by Crippen LogP contribution is -2.26. The van der Waals surface area contributed by atoms with E-state index >= 15 is 0 Å². The van der Waals surface area contributed by atoms with Crippen LogP contribution in [0.2, 0.25) is 0 Å². The average molecular weight is 513 g/mol. The van der Waals surface area contributed by atoms with E-state index < -0.39 is 5.97 Å². The molecule has 0 saturated carbocycles. The number of aryl methyl sites for hydroxylation is 1. The molecular formula is C31H32N2O3S. The Labute approximate surface area is 221 Å². The summed E-state index contributed by atoms with van der Waals surface area (Å²) >= 11 is 1.51. The van der Waals surface area contributed by atoms with E-state index in [0.29, 0.717) is 22.0 Å².